The van der Waals surface area contributed by atoms with E-state index < -0.39 is 6.10 Å². The standard InChI is InChI=1S/C65H120O6/c1-4-7-10-13-16-19-21-23-24-25-26-27-28-29-30-31-32-33-34-35-36-37-38-39-40-41-42-43-45-46-49-52-55-58-64(67)70-61-62(60-69-63(66)57-54-51-48-18-15-12-9-6-3)71-65(68)59-56-53-50-47-44-22-20-17-14-11-8-5-2/h21,23,25-26,28-29,62H,4-20,22,24,27,30-61H2,1-3H3/b23-21-,26-25-,29-28-. The predicted molar refractivity (Wildman–Crippen MR) is 307 cm³/mol. The molecule has 0 heterocycles. The smallest absolute Gasteiger partial charge is 0.306 e. The summed E-state index contributed by atoms with van der Waals surface area (Å²) in [7, 11) is 0. The van der Waals surface area contributed by atoms with Gasteiger partial charge in [-0.3, -0.25) is 14.4 Å². The van der Waals surface area contributed by atoms with E-state index in [1.54, 1.807) is 0 Å². The van der Waals surface area contributed by atoms with Crippen LogP contribution in [0, 0.1) is 0 Å². The van der Waals surface area contributed by atoms with E-state index in [9.17, 15) is 14.4 Å². The Bertz CT molecular complexity index is 1190. The van der Waals surface area contributed by atoms with Gasteiger partial charge in [-0.15, -0.1) is 0 Å². The monoisotopic (exact) mass is 997 g/mol. The lowest BCUT2D eigenvalue weighted by Crippen LogP contribution is -2.30. The van der Waals surface area contributed by atoms with E-state index in [0.29, 0.717) is 19.3 Å². The molecule has 0 aliphatic carbocycles. The molecule has 416 valence electrons. The molecule has 0 bridgehead atoms. The van der Waals surface area contributed by atoms with Gasteiger partial charge in [-0.05, 0) is 57.8 Å². The van der Waals surface area contributed by atoms with E-state index in [1.165, 1.54) is 231 Å². The summed E-state index contributed by atoms with van der Waals surface area (Å²) in [6.45, 7) is 6.63. The molecule has 0 spiro atoms. The maximum atomic E-state index is 12.8. The zero-order valence-electron chi connectivity index (χ0n) is 47.8. The molecule has 0 radical (unpaired) electrons. The van der Waals surface area contributed by atoms with Crippen molar-refractivity contribution < 1.29 is 28.6 Å². The van der Waals surface area contributed by atoms with E-state index in [1.807, 2.05) is 0 Å². The van der Waals surface area contributed by atoms with Crippen molar-refractivity contribution in [3.05, 3.63) is 36.5 Å². The van der Waals surface area contributed by atoms with Crippen molar-refractivity contribution in [1.82, 2.24) is 0 Å². The van der Waals surface area contributed by atoms with Crippen LogP contribution in [0.3, 0.4) is 0 Å². The summed E-state index contributed by atoms with van der Waals surface area (Å²) in [4.78, 5) is 38.0. The highest BCUT2D eigenvalue weighted by molar-refractivity contribution is 5.71. The van der Waals surface area contributed by atoms with Crippen molar-refractivity contribution in [2.75, 3.05) is 13.2 Å². The van der Waals surface area contributed by atoms with Gasteiger partial charge in [0.25, 0.3) is 0 Å². The normalized spacial score (nSPS) is 12.2. The van der Waals surface area contributed by atoms with Gasteiger partial charge in [0, 0.05) is 19.3 Å². The molecule has 1 atom stereocenters. The molecule has 0 rings (SSSR count). The molecule has 6 heteroatoms. The number of carbonyl (C=O) groups is 3. The predicted octanol–water partition coefficient (Wildman–Crippen LogP) is 21.2. The Balaban J connectivity index is 3.95. The molecular weight excluding hydrogens is 877 g/mol. The summed E-state index contributed by atoms with van der Waals surface area (Å²) in [5.41, 5.74) is 0. The summed E-state index contributed by atoms with van der Waals surface area (Å²) < 4.78 is 16.8. The van der Waals surface area contributed by atoms with Crippen LogP contribution in [0.4, 0.5) is 0 Å². The van der Waals surface area contributed by atoms with Gasteiger partial charge in [0.05, 0.1) is 0 Å². The molecule has 0 amide bonds. The quantitative estimate of drug-likeness (QED) is 0.0261. The van der Waals surface area contributed by atoms with E-state index in [-0.39, 0.29) is 31.1 Å². The van der Waals surface area contributed by atoms with Crippen molar-refractivity contribution in [3.8, 4) is 0 Å². The molecule has 0 aromatic heterocycles. The lowest BCUT2D eigenvalue weighted by atomic mass is 10.0. The first kappa shape index (κ1) is 68.6. The van der Waals surface area contributed by atoms with Crippen LogP contribution in [0.25, 0.3) is 0 Å². The molecule has 0 saturated heterocycles. The summed E-state index contributed by atoms with van der Waals surface area (Å²) in [6, 6.07) is 0. The van der Waals surface area contributed by atoms with E-state index >= 15 is 0 Å². The third-order valence-corrected chi connectivity index (χ3v) is 14.1. The Morgan fingerprint density at radius 3 is 0.789 bits per heavy atom. The van der Waals surface area contributed by atoms with Gasteiger partial charge >= 0.3 is 17.9 Å². The van der Waals surface area contributed by atoms with Gasteiger partial charge < -0.3 is 14.2 Å². The minimum atomic E-state index is -0.764. The first-order chi connectivity index (χ1) is 35.0. The fourth-order valence-electron chi connectivity index (χ4n) is 9.39. The Morgan fingerprint density at radius 1 is 0.282 bits per heavy atom. The van der Waals surface area contributed by atoms with Crippen LogP contribution in [0.5, 0.6) is 0 Å². The highest BCUT2D eigenvalue weighted by Gasteiger charge is 2.19. The second-order valence-electron chi connectivity index (χ2n) is 21.3. The highest BCUT2D eigenvalue weighted by Crippen LogP contribution is 2.17. The lowest BCUT2D eigenvalue weighted by Gasteiger charge is -2.18. The molecule has 0 N–H and O–H groups in total. The van der Waals surface area contributed by atoms with Crippen LogP contribution < -0.4 is 0 Å². The summed E-state index contributed by atoms with van der Waals surface area (Å²) in [5, 5.41) is 0. The van der Waals surface area contributed by atoms with E-state index in [2.05, 4.69) is 57.2 Å². The van der Waals surface area contributed by atoms with Crippen LogP contribution in [0.1, 0.15) is 342 Å². The first-order valence-electron chi connectivity index (χ1n) is 31.5. The van der Waals surface area contributed by atoms with E-state index in [4.69, 9.17) is 14.2 Å². The summed E-state index contributed by atoms with van der Waals surface area (Å²) in [5.74, 6) is -0.851. The highest BCUT2D eigenvalue weighted by atomic mass is 16.6. The molecule has 1 unspecified atom stereocenters. The Morgan fingerprint density at radius 2 is 0.507 bits per heavy atom. The zero-order valence-corrected chi connectivity index (χ0v) is 47.8. The molecule has 0 aromatic carbocycles. The van der Waals surface area contributed by atoms with Gasteiger partial charge in [0.2, 0.25) is 0 Å². The second kappa shape index (κ2) is 60.2. The first-order valence-corrected chi connectivity index (χ1v) is 31.5. The molecule has 0 aliphatic rings. The van der Waals surface area contributed by atoms with Crippen molar-refractivity contribution in [2.24, 2.45) is 0 Å². The molecule has 0 fully saturated rings. The van der Waals surface area contributed by atoms with Crippen LogP contribution in [-0.2, 0) is 28.6 Å². The SMILES string of the molecule is CCCCCCC/C=C\C/C=C\C/C=C\CCCCCCCCCCCCCCCCCCCCC(=O)OCC(COC(=O)CCCCCCCCCC)OC(=O)CCCCCCCCCCCCCC. The van der Waals surface area contributed by atoms with Crippen molar-refractivity contribution in [3.63, 3.8) is 0 Å². The zero-order chi connectivity index (χ0) is 51.4. The summed E-state index contributed by atoms with van der Waals surface area (Å²) >= 11 is 0. The number of rotatable bonds is 58. The molecule has 0 aromatic rings. The fraction of sp³-hybridized carbons (Fsp3) is 0.862. The maximum absolute atomic E-state index is 12.8. The average Bonchev–Trinajstić information content (AvgIpc) is 3.37. The number of ether oxygens (including phenoxy) is 3. The van der Waals surface area contributed by atoms with Crippen molar-refractivity contribution in [2.45, 2.75) is 348 Å². The number of hydrogen-bond donors (Lipinski definition) is 0. The van der Waals surface area contributed by atoms with Crippen LogP contribution in [-0.4, -0.2) is 37.2 Å². The third-order valence-electron chi connectivity index (χ3n) is 14.1. The minimum Gasteiger partial charge on any atom is -0.462 e. The van der Waals surface area contributed by atoms with Gasteiger partial charge in [0.1, 0.15) is 13.2 Å². The lowest BCUT2D eigenvalue weighted by molar-refractivity contribution is -0.167. The Hall–Kier alpha value is -2.37. The molecule has 0 aliphatic heterocycles. The Labute approximate surface area is 442 Å². The van der Waals surface area contributed by atoms with Gasteiger partial charge in [-0.25, -0.2) is 0 Å². The van der Waals surface area contributed by atoms with Crippen molar-refractivity contribution >= 4 is 17.9 Å². The number of esters is 3. The maximum Gasteiger partial charge on any atom is 0.306 e. The summed E-state index contributed by atoms with van der Waals surface area (Å²) in [6.07, 6.45) is 73.3. The fourth-order valence-corrected chi connectivity index (χ4v) is 9.39. The number of unbranched alkanes of at least 4 members (excludes halogenated alkanes) is 41. The largest absolute Gasteiger partial charge is 0.462 e. The number of hydrogen-bond acceptors (Lipinski definition) is 6. The van der Waals surface area contributed by atoms with Gasteiger partial charge in [-0.1, -0.05) is 301 Å². The minimum absolute atomic E-state index is 0.0659. The van der Waals surface area contributed by atoms with Gasteiger partial charge in [-0.2, -0.15) is 0 Å². The number of allylic oxidation sites excluding steroid dienone is 6. The van der Waals surface area contributed by atoms with Crippen LogP contribution >= 0.6 is 0 Å². The second-order valence-corrected chi connectivity index (χ2v) is 21.3. The molecular formula is C65H120O6. The van der Waals surface area contributed by atoms with Gasteiger partial charge in [0.15, 0.2) is 6.10 Å². The number of carbonyl (C=O) groups excluding carboxylic acids is 3. The Kier molecular flexibility index (Phi) is 58.2. The average molecular weight is 998 g/mol. The molecule has 0 saturated carbocycles. The van der Waals surface area contributed by atoms with E-state index in [0.717, 1.165) is 70.6 Å². The third kappa shape index (κ3) is 58.4. The van der Waals surface area contributed by atoms with Crippen LogP contribution in [0.15, 0.2) is 36.5 Å². The van der Waals surface area contributed by atoms with Crippen molar-refractivity contribution in [1.29, 1.82) is 0 Å². The molecule has 6 nitrogen and oxygen atoms in total. The van der Waals surface area contributed by atoms with Crippen LogP contribution in [0.2, 0.25) is 0 Å². The molecule has 71 heavy (non-hydrogen) atoms. The topological polar surface area (TPSA) is 78.9 Å².